The standard InChI is InChI=1S/C14H14ClFN2O/c15-13-6-10(3-4-17)1-2-14(13)19-9-11-5-12(16)8-18-7-11/h1-2,5-8H,3-4,9,17H2. The first-order chi connectivity index (χ1) is 9.19. The molecule has 0 bridgehead atoms. The second-order valence-electron chi connectivity index (χ2n) is 4.10. The van der Waals surface area contributed by atoms with Gasteiger partial charge in [-0.2, -0.15) is 0 Å². The molecule has 0 unspecified atom stereocenters. The van der Waals surface area contributed by atoms with Gasteiger partial charge in [-0.1, -0.05) is 17.7 Å². The average Bonchev–Trinajstić information content (AvgIpc) is 2.38. The van der Waals surface area contributed by atoms with Gasteiger partial charge in [-0.3, -0.25) is 4.98 Å². The van der Waals surface area contributed by atoms with Crippen molar-refractivity contribution in [2.45, 2.75) is 13.0 Å². The van der Waals surface area contributed by atoms with Crippen LogP contribution >= 0.6 is 11.6 Å². The molecule has 1 aromatic heterocycles. The van der Waals surface area contributed by atoms with Crippen molar-refractivity contribution in [1.82, 2.24) is 4.98 Å². The molecule has 2 aromatic rings. The Morgan fingerprint density at radius 1 is 1.21 bits per heavy atom. The van der Waals surface area contributed by atoms with Crippen LogP contribution in [0, 0.1) is 5.82 Å². The van der Waals surface area contributed by atoms with Crippen LogP contribution in [0.2, 0.25) is 5.02 Å². The molecule has 2 N–H and O–H groups in total. The maximum absolute atomic E-state index is 13.0. The van der Waals surface area contributed by atoms with Crippen molar-refractivity contribution in [2.75, 3.05) is 6.54 Å². The fourth-order valence-electron chi connectivity index (χ4n) is 1.68. The Labute approximate surface area is 116 Å². The van der Waals surface area contributed by atoms with E-state index < -0.39 is 0 Å². The van der Waals surface area contributed by atoms with E-state index in [0.717, 1.165) is 18.2 Å². The molecule has 100 valence electrons. The SMILES string of the molecule is NCCc1ccc(OCc2cncc(F)c2)c(Cl)c1. The lowest BCUT2D eigenvalue weighted by Crippen LogP contribution is -2.03. The molecule has 0 aliphatic rings. The second-order valence-corrected chi connectivity index (χ2v) is 4.51. The van der Waals surface area contributed by atoms with Crippen LogP contribution in [0.1, 0.15) is 11.1 Å². The molecule has 0 radical (unpaired) electrons. The highest BCUT2D eigenvalue weighted by molar-refractivity contribution is 6.32. The predicted molar refractivity (Wildman–Crippen MR) is 72.7 cm³/mol. The fraction of sp³-hybridized carbons (Fsp3) is 0.214. The number of aromatic nitrogens is 1. The molecule has 0 aliphatic carbocycles. The largest absolute Gasteiger partial charge is 0.487 e. The van der Waals surface area contributed by atoms with Gasteiger partial charge in [0.15, 0.2) is 0 Å². The van der Waals surface area contributed by atoms with Gasteiger partial charge >= 0.3 is 0 Å². The summed E-state index contributed by atoms with van der Waals surface area (Å²) in [6, 6.07) is 6.91. The minimum absolute atomic E-state index is 0.223. The number of hydrogen-bond acceptors (Lipinski definition) is 3. The van der Waals surface area contributed by atoms with Gasteiger partial charge in [0.2, 0.25) is 0 Å². The summed E-state index contributed by atoms with van der Waals surface area (Å²) in [5.41, 5.74) is 7.20. The Kier molecular flexibility index (Phi) is 4.71. The average molecular weight is 281 g/mol. The van der Waals surface area contributed by atoms with E-state index in [-0.39, 0.29) is 12.4 Å². The summed E-state index contributed by atoms with van der Waals surface area (Å²) in [5, 5.41) is 0.523. The van der Waals surface area contributed by atoms with Crippen LogP contribution in [0.25, 0.3) is 0 Å². The van der Waals surface area contributed by atoms with E-state index in [4.69, 9.17) is 22.1 Å². The molecule has 2 rings (SSSR count). The van der Waals surface area contributed by atoms with Gasteiger partial charge < -0.3 is 10.5 Å². The minimum atomic E-state index is -0.384. The molecule has 0 spiro atoms. The lowest BCUT2D eigenvalue weighted by atomic mass is 10.1. The fourth-order valence-corrected chi connectivity index (χ4v) is 1.94. The number of halogens is 2. The van der Waals surface area contributed by atoms with Crippen LogP contribution < -0.4 is 10.5 Å². The summed E-state index contributed by atoms with van der Waals surface area (Å²) < 4.78 is 18.5. The van der Waals surface area contributed by atoms with E-state index in [0.29, 0.717) is 22.9 Å². The summed E-state index contributed by atoms with van der Waals surface area (Å²) >= 11 is 6.11. The van der Waals surface area contributed by atoms with Crippen LogP contribution in [-0.2, 0) is 13.0 Å². The number of nitrogens with two attached hydrogens (primary N) is 1. The normalized spacial score (nSPS) is 10.5. The lowest BCUT2D eigenvalue weighted by molar-refractivity contribution is 0.305. The van der Waals surface area contributed by atoms with Crippen molar-refractivity contribution in [2.24, 2.45) is 5.73 Å². The molecular weight excluding hydrogens is 267 g/mol. The topological polar surface area (TPSA) is 48.1 Å². The van der Waals surface area contributed by atoms with Crippen molar-refractivity contribution >= 4 is 11.6 Å². The van der Waals surface area contributed by atoms with Crippen LogP contribution in [0.15, 0.2) is 36.7 Å². The second kappa shape index (κ2) is 6.50. The van der Waals surface area contributed by atoms with E-state index >= 15 is 0 Å². The highest BCUT2D eigenvalue weighted by Gasteiger charge is 2.04. The van der Waals surface area contributed by atoms with Gasteiger partial charge in [-0.05, 0) is 36.7 Å². The first-order valence-electron chi connectivity index (χ1n) is 5.90. The molecule has 1 aromatic carbocycles. The van der Waals surface area contributed by atoms with E-state index in [1.807, 2.05) is 12.1 Å². The zero-order chi connectivity index (χ0) is 13.7. The molecule has 19 heavy (non-hydrogen) atoms. The molecule has 0 fully saturated rings. The molecule has 0 aliphatic heterocycles. The van der Waals surface area contributed by atoms with Crippen LogP contribution in [0.5, 0.6) is 5.75 Å². The predicted octanol–water partition coefficient (Wildman–Crippen LogP) is 2.95. The molecule has 1 heterocycles. The molecular formula is C14H14ClFN2O. The quantitative estimate of drug-likeness (QED) is 0.916. The van der Waals surface area contributed by atoms with Crippen molar-refractivity contribution in [3.05, 3.63) is 58.6 Å². The number of benzene rings is 1. The van der Waals surface area contributed by atoms with Crippen molar-refractivity contribution in [3.63, 3.8) is 0 Å². The Hall–Kier alpha value is -1.65. The third-order valence-corrected chi connectivity index (χ3v) is 2.88. The first kappa shape index (κ1) is 13.8. The molecule has 0 atom stereocenters. The Morgan fingerprint density at radius 2 is 2.05 bits per heavy atom. The lowest BCUT2D eigenvalue weighted by Gasteiger charge is -2.09. The third kappa shape index (κ3) is 3.91. The van der Waals surface area contributed by atoms with Crippen molar-refractivity contribution < 1.29 is 9.13 Å². The van der Waals surface area contributed by atoms with Crippen LogP contribution in [-0.4, -0.2) is 11.5 Å². The first-order valence-corrected chi connectivity index (χ1v) is 6.27. The summed E-state index contributed by atoms with van der Waals surface area (Å²) in [6.45, 7) is 0.798. The highest BCUT2D eigenvalue weighted by atomic mass is 35.5. The third-order valence-electron chi connectivity index (χ3n) is 2.59. The summed E-state index contributed by atoms with van der Waals surface area (Å²) in [7, 11) is 0. The van der Waals surface area contributed by atoms with E-state index in [1.165, 1.54) is 6.07 Å². The zero-order valence-corrected chi connectivity index (χ0v) is 11.0. The zero-order valence-electron chi connectivity index (χ0n) is 10.3. The summed E-state index contributed by atoms with van der Waals surface area (Å²) in [6.07, 6.45) is 3.48. The number of nitrogens with zero attached hydrogens (tertiary/aromatic N) is 1. The van der Waals surface area contributed by atoms with E-state index in [2.05, 4.69) is 4.98 Å². The van der Waals surface area contributed by atoms with E-state index in [1.54, 1.807) is 12.3 Å². The number of hydrogen-bond donors (Lipinski definition) is 1. The maximum Gasteiger partial charge on any atom is 0.141 e. The molecule has 0 saturated heterocycles. The van der Waals surface area contributed by atoms with Crippen molar-refractivity contribution in [1.29, 1.82) is 0 Å². The van der Waals surface area contributed by atoms with Crippen LogP contribution in [0.3, 0.4) is 0 Å². The van der Waals surface area contributed by atoms with Gasteiger partial charge in [-0.15, -0.1) is 0 Å². The smallest absolute Gasteiger partial charge is 0.141 e. The molecule has 5 heteroatoms. The number of pyridine rings is 1. The Bertz CT molecular complexity index is 563. The van der Waals surface area contributed by atoms with Gasteiger partial charge in [0.25, 0.3) is 0 Å². The van der Waals surface area contributed by atoms with Gasteiger partial charge in [0, 0.05) is 11.8 Å². The molecule has 0 saturated carbocycles. The number of ether oxygens (including phenoxy) is 1. The number of rotatable bonds is 5. The monoisotopic (exact) mass is 280 g/mol. The Balaban J connectivity index is 2.03. The van der Waals surface area contributed by atoms with E-state index in [9.17, 15) is 4.39 Å². The molecule has 0 amide bonds. The van der Waals surface area contributed by atoms with Gasteiger partial charge in [0.1, 0.15) is 18.2 Å². The summed E-state index contributed by atoms with van der Waals surface area (Å²) in [5.74, 6) is 0.178. The van der Waals surface area contributed by atoms with Crippen molar-refractivity contribution in [3.8, 4) is 5.75 Å². The maximum atomic E-state index is 13.0. The van der Waals surface area contributed by atoms with Crippen LogP contribution in [0.4, 0.5) is 4.39 Å². The highest BCUT2D eigenvalue weighted by Crippen LogP contribution is 2.26. The minimum Gasteiger partial charge on any atom is -0.487 e. The van der Waals surface area contributed by atoms with Gasteiger partial charge in [0.05, 0.1) is 11.2 Å². The Morgan fingerprint density at radius 3 is 2.74 bits per heavy atom. The van der Waals surface area contributed by atoms with Gasteiger partial charge in [-0.25, -0.2) is 4.39 Å². The summed E-state index contributed by atoms with van der Waals surface area (Å²) in [4.78, 5) is 3.76. The molecule has 3 nitrogen and oxygen atoms in total.